The molecule has 0 aliphatic carbocycles. The summed E-state index contributed by atoms with van der Waals surface area (Å²) in [6.07, 6.45) is 0. The number of halogens is 1. The van der Waals surface area contributed by atoms with Gasteiger partial charge in [0.05, 0.1) is 0 Å². The monoisotopic (exact) mass is 227 g/mol. The van der Waals surface area contributed by atoms with E-state index in [0.29, 0.717) is 5.84 Å². The third kappa shape index (κ3) is 2.06. The average molecular weight is 228 g/mol. The lowest BCUT2D eigenvalue weighted by atomic mass is 10.2. The lowest BCUT2D eigenvalue weighted by Gasteiger charge is -2.12. The van der Waals surface area contributed by atoms with E-state index in [1.807, 2.05) is 24.3 Å². The highest BCUT2D eigenvalue weighted by atomic mass is 79.9. The van der Waals surface area contributed by atoms with Gasteiger partial charge < -0.3 is 0 Å². The summed E-state index contributed by atoms with van der Waals surface area (Å²) in [4.78, 5) is 0. The highest BCUT2D eigenvalue weighted by molar-refractivity contribution is 9.10. The van der Waals surface area contributed by atoms with Crippen LogP contribution in [0.2, 0.25) is 0 Å². The Hall–Kier alpha value is -0.870. The number of hydrogen-bond acceptors (Lipinski definition) is 2. The number of hydrazine groups is 1. The summed E-state index contributed by atoms with van der Waals surface area (Å²) in [5.41, 5.74) is 0.809. The molecular weight excluding hydrogens is 218 g/mol. The van der Waals surface area contributed by atoms with Crippen LogP contribution >= 0.6 is 15.9 Å². The molecule has 0 unspecified atom stereocenters. The molecule has 0 heterocycles. The molecule has 1 aromatic carbocycles. The fourth-order valence-corrected chi connectivity index (χ4v) is 1.08. The van der Waals surface area contributed by atoms with Crippen molar-refractivity contribution in [2.45, 2.75) is 0 Å². The first-order chi connectivity index (χ1) is 5.61. The molecule has 0 aliphatic rings. The standard InChI is InChI=1S/C8H10BrN3/c1-12(11)8(10)6-2-4-7(9)5-3-6/h2-5,10H,11H2,1H3. The summed E-state index contributed by atoms with van der Waals surface area (Å²) in [5, 5.41) is 8.82. The number of rotatable bonds is 1. The van der Waals surface area contributed by atoms with Gasteiger partial charge in [0, 0.05) is 17.1 Å². The Balaban J connectivity index is 2.90. The topological polar surface area (TPSA) is 53.1 Å². The Morgan fingerprint density at radius 2 is 1.92 bits per heavy atom. The second-order valence-corrected chi connectivity index (χ2v) is 3.38. The smallest absolute Gasteiger partial charge is 0.142 e. The minimum atomic E-state index is 0.308. The molecule has 3 nitrogen and oxygen atoms in total. The normalized spacial score (nSPS) is 9.58. The van der Waals surface area contributed by atoms with E-state index in [0.717, 1.165) is 10.0 Å². The van der Waals surface area contributed by atoms with Crippen molar-refractivity contribution in [1.29, 1.82) is 5.41 Å². The molecule has 0 fully saturated rings. The lowest BCUT2D eigenvalue weighted by Crippen LogP contribution is -2.33. The fraction of sp³-hybridized carbons (Fsp3) is 0.125. The molecular formula is C8H10BrN3. The summed E-state index contributed by atoms with van der Waals surface area (Å²) in [6, 6.07) is 7.45. The maximum absolute atomic E-state index is 7.54. The van der Waals surface area contributed by atoms with Gasteiger partial charge >= 0.3 is 0 Å². The van der Waals surface area contributed by atoms with Crippen LogP contribution in [-0.4, -0.2) is 17.9 Å². The SMILES string of the molecule is CN(N)C(=N)c1ccc(Br)cc1. The van der Waals surface area contributed by atoms with Gasteiger partial charge in [0.25, 0.3) is 0 Å². The molecule has 0 aliphatic heterocycles. The van der Waals surface area contributed by atoms with Crippen LogP contribution in [0.3, 0.4) is 0 Å². The van der Waals surface area contributed by atoms with Crippen molar-refractivity contribution < 1.29 is 0 Å². The van der Waals surface area contributed by atoms with Gasteiger partial charge in [0.2, 0.25) is 0 Å². The molecule has 0 bridgehead atoms. The molecule has 0 radical (unpaired) electrons. The number of nitrogens with zero attached hydrogens (tertiary/aromatic N) is 1. The molecule has 0 spiro atoms. The number of amidine groups is 1. The van der Waals surface area contributed by atoms with Gasteiger partial charge in [-0.2, -0.15) is 0 Å². The Morgan fingerprint density at radius 3 is 2.33 bits per heavy atom. The molecule has 0 amide bonds. The zero-order valence-corrected chi connectivity index (χ0v) is 8.30. The number of nitrogens with one attached hydrogen (secondary N) is 1. The van der Waals surface area contributed by atoms with Crippen LogP contribution in [0.15, 0.2) is 28.7 Å². The molecule has 1 rings (SSSR count). The van der Waals surface area contributed by atoms with E-state index < -0.39 is 0 Å². The first-order valence-corrected chi connectivity index (χ1v) is 4.23. The van der Waals surface area contributed by atoms with E-state index >= 15 is 0 Å². The maximum atomic E-state index is 7.54. The Kier molecular flexibility index (Phi) is 2.83. The minimum absolute atomic E-state index is 0.308. The van der Waals surface area contributed by atoms with Crippen LogP contribution in [0.1, 0.15) is 5.56 Å². The van der Waals surface area contributed by atoms with Gasteiger partial charge in [-0.1, -0.05) is 28.1 Å². The number of nitrogens with two attached hydrogens (primary N) is 1. The van der Waals surface area contributed by atoms with E-state index in [1.54, 1.807) is 7.05 Å². The Labute approximate surface area is 79.8 Å². The molecule has 0 saturated heterocycles. The predicted octanol–water partition coefficient (Wildman–Crippen LogP) is 1.58. The largest absolute Gasteiger partial charge is 0.298 e. The van der Waals surface area contributed by atoms with E-state index in [4.69, 9.17) is 11.3 Å². The van der Waals surface area contributed by atoms with Gasteiger partial charge in [-0.25, -0.2) is 5.84 Å². The molecule has 3 N–H and O–H groups in total. The predicted molar refractivity (Wildman–Crippen MR) is 52.9 cm³/mol. The first-order valence-electron chi connectivity index (χ1n) is 3.44. The quantitative estimate of drug-likeness (QED) is 0.332. The summed E-state index contributed by atoms with van der Waals surface area (Å²) in [5.74, 6) is 5.71. The van der Waals surface area contributed by atoms with Crippen molar-refractivity contribution in [2.24, 2.45) is 5.84 Å². The Bertz CT molecular complexity index is 279. The van der Waals surface area contributed by atoms with Gasteiger partial charge in [0.15, 0.2) is 0 Å². The molecule has 4 heteroatoms. The van der Waals surface area contributed by atoms with Crippen LogP contribution in [-0.2, 0) is 0 Å². The highest BCUT2D eigenvalue weighted by Gasteiger charge is 2.01. The van der Waals surface area contributed by atoms with Crippen molar-refractivity contribution in [3.8, 4) is 0 Å². The van der Waals surface area contributed by atoms with Crippen LogP contribution in [0.5, 0.6) is 0 Å². The highest BCUT2D eigenvalue weighted by Crippen LogP contribution is 2.10. The second kappa shape index (κ2) is 3.69. The van der Waals surface area contributed by atoms with E-state index in [2.05, 4.69) is 15.9 Å². The van der Waals surface area contributed by atoms with Crippen molar-refractivity contribution in [2.75, 3.05) is 7.05 Å². The van der Waals surface area contributed by atoms with Gasteiger partial charge in [-0.05, 0) is 12.1 Å². The zero-order chi connectivity index (χ0) is 9.14. The maximum Gasteiger partial charge on any atom is 0.142 e. The molecule has 12 heavy (non-hydrogen) atoms. The van der Waals surface area contributed by atoms with Crippen molar-refractivity contribution >= 4 is 21.8 Å². The molecule has 0 atom stereocenters. The van der Waals surface area contributed by atoms with E-state index in [-0.39, 0.29) is 0 Å². The molecule has 0 saturated carbocycles. The van der Waals surface area contributed by atoms with E-state index in [9.17, 15) is 0 Å². The number of hydrogen-bond donors (Lipinski definition) is 2. The minimum Gasteiger partial charge on any atom is -0.298 e. The summed E-state index contributed by atoms with van der Waals surface area (Å²) < 4.78 is 0.999. The van der Waals surface area contributed by atoms with Gasteiger partial charge in [-0.3, -0.25) is 10.4 Å². The molecule has 1 aromatic rings. The zero-order valence-electron chi connectivity index (χ0n) is 6.71. The molecule has 64 valence electrons. The number of benzene rings is 1. The molecule has 0 aromatic heterocycles. The Morgan fingerprint density at radius 1 is 1.42 bits per heavy atom. The van der Waals surface area contributed by atoms with Crippen LogP contribution in [0, 0.1) is 5.41 Å². The fourth-order valence-electron chi connectivity index (χ4n) is 0.811. The third-order valence-corrected chi connectivity index (χ3v) is 2.00. The van der Waals surface area contributed by atoms with E-state index in [1.165, 1.54) is 5.01 Å². The van der Waals surface area contributed by atoms with Crippen molar-refractivity contribution in [1.82, 2.24) is 5.01 Å². The van der Waals surface area contributed by atoms with Crippen LogP contribution in [0.4, 0.5) is 0 Å². The summed E-state index contributed by atoms with van der Waals surface area (Å²) >= 11 is 3.32. The van der Waals surface area contributed by atoms with Gasteiger partial charge in [0.1, 0.15) is 5.84 Å². The lowest BCUT2D eigenvalue weighted by molar-refractivity contribution is 0.536. The summed E-state index contributed by atoms with van der Waals surface area (Å²) in [6.45, 7) is 0. The van der Waals surface area contributed by atoms with Crippen LogP contribution in [0.25, 0.3) is 0 Å². The second-order valence-electron chi connectivity index (χ2n) is 2.47. The first kappa shape index (κ1) is 9.22. The third-order valence-electron chi connectivity index (χ3n) is 1.47. The van der Waals surface area contributed by atoms with Gasteiger partial charge in [-0.15, -0.1) is 0 Å². The van der Waals surface area contributed by atoms with Crippen LogP contribution < -0.4 is 5.84 Å². The van der Waals surface area contributed by atoms with Crippen molar-refractivity contribution in [3.05, 3.63) is 34.3 Å². The van der Waals surface area contributed by atoms with Crippen molar-refractivity contribution in [3.63, 3.8) is 0 Å². The summed E-state index contributed by atoms with van der Waals surface area (Å²) in [7, 11) is 1.64. The average Bonchev–Trinajstić information content (AvgIpc) is 2.04.